The molecule has 0 aromatic carbocycles. The van der Waals surface area contributed by atoms with Crippen LogP contribution in [-0.2, 0) is 4.74 Å². The Morgan fingerprint density at radius 3 is 2.33 bits per heavy atom. The van der Waals surface area contributed by atoms with Gasteiger partial charge in [-0.1, -0.05) is 26.7 Å². The van der Waals surface area contributed by atoms with E-state index < -0.39 is 0 Å². The van der Waals surface area contributed by atoms with E-state index in [2.05, 4.69) is 19.2 Å². The van der Waals surface area contributed by atoms with Crippen molar-refractivity contribution in [3.05, 3.63) is 0 Å². The first kappa shape index (κ1) is 11.9. The van der Waals surface area contributed by atoms with Crippen molar-refractivity contribution in [2.45, 2.75) is 51.7 Å². The van der Waals surface area contributed by atoms with Gasteiger partial charge in [-0.15, -0.1) is 0 Å². The zero-order valence-corrected chi connectivity index (χ0v) is 8.89. The van der Waals surface area contributed by atoms with Gasteiger partial charge in [-0.2, -0.15) is 0 Å². The fourth-order valence-electron chi connectivity index (χ4n) is 1.56. The molecular weight excluding hydrogens is 150 g/mol. The van der Waals surface area contributed by atoms with Crippen molar-refractivity contribution in [1.29, 1.82) is 0 Å². The highest BCUT2D eigenvalue weighted by molar-refractivity contribution is 4.73. The first-order valence-electron chi connectivity index (χ1n) is 5.00. The predicted molar refractivity (Wildman–Crippen MR) is 53.5 cm³/mol. The highest BCUT2D eigenvalue weighted by Gasteiger charge is 2.16. The smallest absolute Gasteiger partial charge is 0.0721 e. The van der Waals surface area contributed by atoms with Crippen molar-refractivity contribution < 1.29 is 4.74 Å². The predicted octanol–water partition coefficient (Wildman–Crippen LogP) is 2.19. The summed E-state index contributed by atoms with van der Waals surface area (Å²) in [4.78, 5) is 0. The minimum absolute atomic E-state index is 0.376. The van der Waals surface area contributed by atoms with Gasteiger partial charge in [0.25, 0.3) is 0 Å². The summed E-state index contributed by atoms with van der Waals surface area (Å²) < 4.78 is 5.39. The number of hydrogen-bond acceptors (Lipinski definition) is 2. The number of likely N-dealkylation sites (N-methyl/N-ethyl adjacent to an activating group) is 1. The van der Waals surface area contributed by atoms with E-state index in [1.807, 2.05) is 7.05 Å². The van der Waals surface area contributed by atoms with Crippen LogP contribution in [0, 0.1) is 0 Å². The SMILES string of the molecule is CCCCC(NC)C(CC)OC. The molecule has 2 unspecified atom stereocenters. The summed E-state index contributed by atoms with van der Waals surface area (Å²) in [6.45, 7) is 4.39. The van der Waals surface area contributed by atoms with Gasteiger partial charge < -0.3 is 10.1 Å². The Labute approximate surface area is 76.7 Å². The molecule has 0 aliphatic heterocycles. The molecule has 0 saturated heterocycles. The van der Waals surface area contributed by atoms with Gasteiger partial charge in [0.2, 0.25) is 0 Å². The maximum absolute atomic E-state index is 5.39. The maximum atomic E-state index is 5.39. The lowest BCUT2D eigenvalue weighted by atomic mass is 10.0. The van der Waals surface area contributed by atoms with Gasteiger partial charge in [0, 0.05) is 13.2 Å². The molecule has 74 valence electrons. The lowest BCUT2D eigenvalue weighted by Crippen LogP contribution is -2.38. The number of unbranched alkanes of at least 4 members (excludes halogenated alkanes) is 1. The molecule has 2 heteroatoms. The molecule has 2 nitrogen and oxygen atoms in total. The van der Waals surface area contributed by atoms with Gasteiger partial charge in [0.15, 0.2) is 0 Å². The monoisotopic (exact) mass is 173 g/mol. The largest absolute Gasteiger partial charge is 0.380 e. The maximum Gasteiger partial charge on any atom is 0.0721 e. The fourth-order valence-corrected chi connectivity index (χ4v) is 1.56. The van der Waals surface area contributed by atoms with Gasteiger partial charge in [-0.3, -0.25) is 0 Å². The quantitative estimate of drug-likeness (QED) is 0.637. The van der Waals surface area contributed by atoms with E-state index in [1.165, 1.54) is 19.3 Å². The van der Waals surface area contributed by atoms with Crippen LogP contribution in [0.25, 0.3) is 0 Å². The van der Waals surface area contributed by atoms with Gasteiger partial charge in [0.1, 0.15) is 0 Å². The van der Waals surface area contributed by atoms with Crippen molar-refractivity contribution >= 4 is 0 Å². The third kappa shape index (κ3) is 4.07. The Morgan fingerprint density at radius 2 is 2.00 bits per heavy atom. The minimum atomic E-state index is 0.376. The normalized spacial score (nSPS) is 16.0. The highest BCUT2D eigenvalue weighted by Crippen LogP contribution is 2.09. The molecule has 2 atom stereocenters. The summed E-state index contributed by atoms with van der Waals surface area (Å²) in [7, 11) is 3.81. The molecule has 12 heavy (non-hydrogen) atoms. The molecule has 0 radical (unpaired) electrons. The third-order valence-corrected chi connectivity index (χ3v) is 2.39. The van der Waals surface area contributed by atoms with Crippen LogP contribution >= 0.6 is 0 Å². The van der Waals surface area contributed by atoms with E-state index >= 15 is 0 Å². The zero-order valence-electron chi connectivity index (χ0n) is 8.89. The average molecular weight is 173 g/mol. The number of methoxy groups -OCH3 is 1. The Kier molecular flexibility index (Phi) is 7.51. The summed E-state index contributed by atoms with van der Waals surface area (Å²) in [5, 5.41) is 3.31. The second-order valence-corrected chi connectivity index (χ2v) is 3.22. The van der Waals surface area contributed by atoms with Crippen LogP contribution < -0.4 is 5.32 Å². The fraction of sp³-hybridized carbons (Fsp3) is 1.00. The van der Waals surface area contributed by atoms with Crippen LogP contribution in [0.5, 0.6) is 0 Å². The van der Waals surface area contributed by atoms with E-state index in [-0.39, 0.29) is 0 Å². The third-order valence-electron chi connectivity index (χ3n) is 2.39. The van der Waals surface area contributed by atoms with Crippen LogP contribution in [0.4, 0.5) is 0 Å². The number of rotatable bonds is 7. The van der Waals surface area contributed by atoms with Crippen LogP contribution in [0.3, 0.4) is 0 Å². The van der Waals surface area contributed by atoms with Crippen molar-refractivity contribution in [3.63, 3.8) is 0 Å². The molecular formula is C10H23NO. The van der Waals surface area contributed by atoms with E-state index in [4.69, 9.17) is 4.74 Å². The average Bonchev–Trinajstić information content (AvgIpc) is 2.12. The summed E-state index contributed by atoms with van der Waals surface area (Å²) in [6, 6.07) is 0.528. The van der Waals surface area contributed by atoms with Gasteiger partial charge in [-0.25, -0.2) is 0 Å². The van der Waals surface area contributed by atoms with Gasteiger partial charge >= 0.3 is 0 Å². The molecule has 0 aromatic rings. The molecule has 0 aromatic heterocycles. The zero-order chi connectivity index (χ0) is 9.40. The molecule has 0 amide bonds. The van der Waals surface area contributed by atoms with E-state index in [0.29, 0.717) is 12.1 Å². The second kappa shape index (κ2) is 7.56. The number of nitrogens with one attached hydrogen (secondary N) is 1. The Balaban J connectivity index is 3.75. The van der Waals surface area contributed by atoms with E-state index in [0.717, 1.165) is 6.42 Å². The standard InChI is InChI=1S/C10H23NO/c1-5-7-8-9(11-3)10(6-2)12-4/h9-11H,5-8H2,1-4H3. The van der Waals surface area contributed by atoms with Crippen LogP contribution in [0.2, 0.25) is 0 Å². The van der Waals surface area contributed by atoms with Gasteiger partial charge in [0.05, 0.1) is 6.10 Å². The topological polar surface area (TPSA) is 21.3 Å². The van der Waals surface area contributed by atoms with E-state index in [9.17, 15) is 0 Å². The number of ether oxygens (including phenoxy) is 1. The van der Waals surface area contributed by atoms with E-state index in [1.54, 1.807) is 7.11 Å². The second-order valence-electron chi connectivity index (χ2n) is 3.22. The molecule has 0 rings (SSSR count). The van der Waals surface area contributed by atoms with Crippen LogP contribution in [0.1, 0.15) is 39.5 Å². The molecule has 0 bridgehead atoms. The summed E-state index contributed by atoms with van der Waals surface area (Å²) in [6.07, 6.45) is 5.23. The Hall–Kier alpha value is -0.0800. The molecule has 0 saturated carbocycles. The highest BCUT2D eigenvalue weighted by atomic mass is 16.5. The molecule has 0 spiro atoms. The molecule has 0 aliphatic carbocycles. The van der Waals surface area contributed by atoms with Crippen LogP contribution in [0.15, 0.2) is 0 Å². The lowest BCUT2D eigenvalue weighted by molar-refractivity contribution is 0.0643. The Bertz CT molecular complexity index is 91.8. The molecule has 1 N–H and O–H groups in total. The molecule has 0 heterocycles. The van der Waals surface area contributed by atoms with Crippen LogP contribution in [-0.4, -0.2) is 26.3 Å². The summed E-state index contributed by atoms with van der Waals surface area (Å²) >= 11 is 0. The van der Waals surface area contributed by atoms with Crippen molar-refractivity contribution in [2.75, 3.05) is 14.2 Å². The lowest BCUT2D eigenvalue weighted by Gasteiger charge is -2.24. The molecule has 0 aliphatic rings. The summed E-state index contributed by atoms with van der Waals surface area (Å²) in [5.74, 6) is 0. The summed E-state index contributed by atoms with van der Waals surface area (Å²) in [5.41, 5.74) is 0. The minimum Gasteiger partial charge on any atom is -0.380 e. The van der Waals surface area contributed by atoms with Gasteiger partial charge in [-0.05, 0) is 19.9 Å². The van der Waals surface area contributed by atoms with Crippen molar-refractivity contribution in [3.8, 4) is 0 Å². The Morgan fingerprint density at radius 1 is 1.33 bits per heavy atom. The first-order valence-corrected chi connectivity index (χ1v) is 5.00. The number of hydrogen-bond donors (Lipinski definition) is 1. The first-order chi connectivity index (χ1) is 5.79. The van der Waals surface area contributed by atoms with Crippen molar-refractivity contribution in [1.82, 2.24) is 5.32 Å². The molecule has 0 fully saturated rings. The van der Waals surface area contributed by atoms with Crippen molar-refractivity contribution in [2.24, 2.45) is 0 Å².